The van der Waals surface area contributed by atoms with E-state index < -0.39 is 11.6 Å². The molecule has 0 spiro atoms. The van der Waals surface area contributed by atoms with Crippen LogP contribution >= 0.6 is 0 Å². The van der Waals surface area contributed by atoms with E-state index in [4.69, 9.17) is 5.73 Å². The summed E-state index contributed by atoms with van der Waals surface area (Å²) in [7, 11) is 0. The summed E-state index contributed by atoms with van der Waals surface area (Å²) in [6, 6.07) is 3.69. The Labute approximate surface area is 122 Å². The van der Waals surface area contributed by atoms with Crippen molar-refractivity contribution < 1.29 is 20.1 Å². The standard InChI is InChI=1S/C15H20N2O4/c16-11(5-9-1-4-12(18)13(19)6-9)14(20)17-7-15(21,8-17)10-2-3-10/h1,4,6,10-11,18-19,21H,2-3,5,7-8,16H2/t11-/m0/s1. The predicted octanol–water partition coefficient (Wildman–Crippen LogP) is -0.0491. The molecule has 0 radical (unpaired) electrons. The van der Waals surface area contributed by atoms with Gasteiger partial charge in [0.15, 0.2) is 11.5 Å². The van der Waals surface area contributed by atoms with Crippen molar-refractivity contribution in [3.8, 4) is 11.5 Å². The third-order valence-electron chi connectivity index (χ3n) is 4.39. The number of aliphatic hydroxyl groups is 1. The molecule has 1 aliphatic heterocycles. The van der Waals surface area contributed by atoms with Crippen molar-refractivity contribution in [1.29, 1.82) is 0 Å². The van der Waals surface area contributed by atoms with E-state index in [0.29, 0.717) is 24.6 Å². The number of benzene rings is 1. The van der Waals surface area contributed by atoms with Crippen LogP contribution in [0, 0.1) is 5.92 Å². The third kappa shape index (κ3) is 2.69. The fourth-order valence-corrected chi connectivity index (χ4v) is 2.92. The molecule has 1 atom stereocenters. The van der Waals surface area contributed by atoms with Gasteiger partial charge in [-0.3, -0.25) is 4.79 Å². The Balaban J connectivity index is 1.56. The molecule has 114 valence electrons. The first-order chi connectivity index (χ1) is 9.89. The number of hydrogen-bond acceptors (Lipinski definition) is 5. The lowest BCUT2D eigenvalue weighted by atomic mass is 9.88. The summed E-state index contributed by atoms with van der Waals surface area (Å²) in [5, 5.41) is 28.9. The maximum absolute atomic E-state index is 12.2. The SMILES string of the molecule is N[C@@H](Cc1ccc(O)c(O)c1)C(=O)N1CC(O)(C2CC2)C1. The highest BCUT2D eigenvalue weighted by molar-refractivity contribution is 5.83. The molecule has 1 amide bonds. The van der Waals surface area contributed by atoms with Crippen LogP contribution in [0.4, 0.5) is 0 Å². The third-order valence-corrected chi connectivity index (χ3v) is 4.39. The molecule has 0 aromatic heterocycles. The van der Waals surface area contributed by atoms with Crippen LogP contribution in [0.3, 0.4) is 0 Å². The number of rotatable bonds is 4. The average molecular weight is 292 g/mol. The van der Waals surface area contributed by atoms with Crippen molar-refractivity contribution in [2.24, 2.45) is 11.7 Å². The van der Waals surface area contributed by atoms with Crippen LogP contribution in [-0.2, 0) is 11.2 Å². The molecule has 21 heavy (non-hydrogen) atoms. The number of phenols is 2. The minimum absolute atomic E-state index is 0.187. The molecule has 1 saturated carbocycles. The molecule has 1 aromatic rings. The Morgan fingerprint density at radius 2 is 2.00 bits per heavy atom. The van der Waals surface area contributed by atoms with Gasteiger partial charge < -0.3 is 26.0 Å². The van der Waals surface area contributed by atoms with Crippen molar-refractivity contribution in [3.63, 3.8) is 0 Å². The van der Waals surface area contributed by atoms with Crippen LogP contribution in [0.5, 0.6) is 11.5 Å². The Bertz CT molecular complexity index is 565. The van der Waals surface area contributed by atoms with Crippen LogP contribution in [0.25, 0.3) is 0 Å². The van der Waals surface area contributed by atoms with Gasteiger partial charge in [-0.25, -0.2) is 0 Å². The van der Waals surface area contributed by atoms with E-state index >= 15 is 0 Å². The minimum atomic E-state index is -0.710. The molecule has 1 aliphatic carbocycles. The first-order valence-corrected chi connectivity index (χ1v) is 7.17. The van der Waals surface area contributed by atoms with Crippen LogP contribution in [0.15, 0.2) is 18.2 Å². The maximum atomic E-state index is 12.2. The van der Waals surface area contributed by atoms with E-state index in [0.717, 1.165) is 12.8 Å². The van der Waals surface area contributed by atoms with Crippen molar-refractivity contribution >= 4 is 5.91 Å². The van der Waals surface area contributed by atoms with Crippen molar-refractivity contribution in [1.82, 2.24) is 4.90 Å². The Hall–Kier alpha value is -1.79. The summed E-state index contributed by atoms with van der Waals surface area (Å²) in [4.78, 5) is 13.8. The molecule has 1 heterocycles. The molecule has 2 aliphatic rings. The van der Waals surface area contributed by atoms with E-state index in [-0.39, 0.29) is 23.8 Å². The van der Waals surface area contributed by atoms with Crippen molar-refractivity contribution in [3.05, 3.63) is 23.8 Å². The van der Waals surface area contributed by atoms with Gasteiger partial charge in [0.2, 0.25) is 5.91 Å². The van der Waals surface area contributed by atoms with Gasteiger partial charge in [0.05, 0.1) is 19.1 Å². The van der Waals surface area contributed by atoms with Gasteiger partial charge in [0.1, 0.15) is 5.60 Å². The number of carbonyl (C=O) groups excluding carboxylic acids is 1. The van der Waals surface area contributed by atoms with Gasteiger partial charge in [0.25, 0.3) is 0 Å². The molecule has 3 rings (SSSR count). The second kappa shape index (κ2) is 4.89. The van der Waals surface area contributed by atoms with E-state index in [1.165, 1.54) is 12.1 Å². The minimum Gasteiger partial charge on any atom is -0.504 e. The summed E-state index contributed by atoms with van der Waals surface area (Å²) in [5.74, 6) is -0.269. The molecule has 0 unspecified atom stereocenters. The summed E-state index contributed by atoms with van der Waals surface area (Å²) in [6.45, 7) is 0.732. The summed E-state index contributed by atoms with van der Waals surface area (Å²) in [6.07, 6.45) is 2.36. The molecule has 1 saturated heterocycles. The molecule has 1 aromatic carbocycles. The number of phenolic OH excluding ortho intramolecular Hbond substituents is 2. The lowest BCUT2D eigenvalue weighted by Crippen LogP contribution is -2.67. The first kappa shape index (κ1) is 14.2. The van der Waals surface area contributed by atoms with E-state index in [2.05, 4.69) is 0 Å². The summed E-state index contributed by atoms with van der Waals surface area (Å²) < 4.78 is 0. The average Bonchev–Trinajstić information content (AvgIpc) is 3.23. The van der Waals surface area contributed by atoms with Crippen LogP contribution in [0.2, 0.25) is 0 Å². The molecule has 0 bridgehead atoms. The first-order valence-electron chi connectivity index (χ1n) is 7.17. The van der Waals surface area contributed by atoms with Gasteiger partial charge in [-0.15, -0.1) is 0 Å². The molecular formula is C15H20N2O4. The van der Waals surface area contributed by atoms with E-state index in [1.54, 1.807) is 11.0 Å². The highest BCUT2D eigenvalue weighted by Crippen LogP contribution is 2.44. The zero-order valence-corrected chi connectivity index (χ0v) is 11.7. The van der Waals surface area contributed by atoms with Crippen LogP contribution in [-0.4, -0.2) is 50.9 Å². The topological polar surface area (TPSA) is 107 Å². The van der Waals surface area contributed by atoms with Crippen LogP contribution in [0.1, 0.15) is 18.4 Å². The lowest BCUT2D eigenvalue weighted by molar-refractivity contribution is -0.160. The number of likely N-dealkylation sites (tertiary alicyclic amines) is 1. The van der Waals surface area contributed by atoms with Crippen molar-refractivity contribution in [2.75, 3.05) is 13.1 Å². The number of carbonyl (C=O) groups is 1. The number of amides is 1. The molecule has 6 heteroatoms. The van der Waals surface area contributed by atoms with Gasteiger partial charge in [-0.05, 0) is 42.9 Å². The molecule has 5 N–H and O–H groups in total. The van der Waals surface area contributed by atoms with Crippen LogP contribution < -0.4 is 5.73 Å². The second-order valence-corrected chi connectivity index (χ2v) is 6.21. The summed E-state index contributed by atoms with van der Waals surface area (Å²) in [5.41, 5.74) is 5.89. The number of hydrogen-bond donors (Lipinski definition) is 4. The number of aromatic hydroxyl groups is 2. The highest BCUT2D eigenvalue weighted by Gasteiger charge is 2.53. The number of nitrogens with zero attached hydrogens (tertiary/aromatic N) is 1. The predicted molar refractivity (Wildman–Crippen MR) is 75.7 cm³/mol. The van der Waals surface area contributed by atoms with Crippen molar-refractivity contribution in [2.45, 2.75) is 30.9 Å². The Morgan fingerprint density at radius 3 is 2.57 bits per heavy atom. The van der Waals surface area contributed by atoms with Gasteiger partial charge >= 0.3 is 0 Å². The highest BCUT2D eigenvalue weighted by atomic mass is 16.3. The Kier molecular flexibility index (Phi) is 3.30. The summed E-state index contributed by atoms with van der Waals surface area (Å²) >= 11 is 0. The van der Waals surface area contributed by atoms with Gasteiger partial charge in [0, 0.05) is 0 Å². The number of β-amino-alcohol motifs (C(OH)–C–C–N with tert-alkyl or cyclic N) is 1. The van der Waals surface area contributed by atoms with Gasteiger partial charge in [-0.2, -0.15) is 0 Å². The maximum Gasteiger partial charge on any atom is 0.240 e. The normalized spacial score (nSPS) is 21.7. The van der Waals surface area contributed by atoms with E-state index in [1.807, 2.05) is 0 Å². The molecule has 2 fully saturated rings. The zero-order chi connectivity index (χ0) is 15.2. The largest absolute Gasteiger partial charge is 0.504 e. The Morgan fingerprint density at radius 1 is 1.33 bits per heavy atom. The zero-order valence-electron chi connectivity index (χ0n) is 11.7. The number of nitrogens with two attached hydrogens (primary N) is 1. The fourth-order valence-electron chi connectivity index (χ4n) is 2.92. The molecule has 6 nitrogen and oxygen atoms in total. The van der Waals surface area contributed by atoms with Gasteiger partial charge in [-0.1, -0.05) is 6.07 Å². The smallest absolute Gasteiger partial charge is 0.240 e. The van der Waals surface area contributed by atoms with E-state index in [9.17, 15) is 20.1 Å². The fraction of sp³-hybridized carbons (Fsp3) is 0.533. The lowest BCUT2D eigenvalue weighted by Gasteiger charge is -2.47. The monoisotopic (exact) mass is 292 g/mol. The second-order valence-electron chi connectivity index (χ2n) is 6.21. The molecular weight excluding hydrogens is 272 g/mol. The quantitative estimate of drug-likeness (QED) is 0.582.